The molecule has 0 bridgehead atoms. The van der Waals surface area contributed by atoms with Crippen LogP contribution in [0.25, 0.3) is 0 Å². The summed E-state index contributed by atoms with van der Waals surface area (Å²) in [7, 11) is 0. The number of hydrogen-bond donors (Lipinski definition) is 1. The summed E-state index contributed by atoms with van der Waals surface area (Å²) in [6, 6.07) is 1.55. The minimum Gasteiger partial charge on any atom is -0.379 e. The molecule has 1 N–H and O–H groups in total. The van der Waals surface area contributed by atoms with Crippen molar-refractivity contribution >= 4 is 0 Å². The van der Waals surface area contributed by atoms with Crippen molar-refractivity contribution in [2.24, 2.45) is 5.92 Å². The maximum atomic E-state index is 5.45. The highest BCUT2D eigenvalue weighted by molar-refractivity contribution is 4.91. The van der Waals surface area contributed by atoms with E-state index in [-0.39, 0.29) is 0 Å². The summed E-state index contributed by atoms with van der Waals surface area (Å²) in [5.41, 5.74) is 0. The van der Waals surface area contributed by atoms with E-state index in [4.69, 9.17) is 4.74 Å². The third kappa shape index (κ3) is 2.72. The van der Waals surface area contributed by atoms with Crippen LogP contribution in [0.3, 0.4) is 0 Å². The average Bonchev–Trinajstić information content (AvgIpc) is 2.90. The van der Waals surface area contributed by atoms with Crippen LogP contribution in [-0.2, 0) is 4.74 Å². The van der Waals surface area contributed by atoms with Gasteiger partial charge in [-0.25, -0.2) is 0 Å². The molecule has 3 aliphatic heterocycles. The van der Waals surface area contributed by atoms with Gasteiger partial charge in [-0.2, -0.15) is 0 Å². The van der Waals surface area contributed by atoms with E-state index < -0.39 is 0 Å². The Balaban J connectivity index is 1.53. The van der Waals surface area contributed by atoms with E-state index in [1.165, 1.54) is 39.0 Å². The molecule has 4 nitrogen and oxygen atoms in total. The minimum absolute atomic E-state index is 0.768. The molecule has 18 heavy (non-hydrogen) atoms. The first-order valence-corrected chi connectivity index (χ1v) is 7.61. The minimum atomic E-state index is 0.768. The SMILES string of the molecule is CC1CCNCC1N1CCC(N2CCOCC2)C1. The number of ether oxygens (including phenoxy) is 1. The Bertz CT molecular complexity index is 268. The van der Waals surface area contributed by atoms with Gasteiger partial charge in [0.1, 0.15) is 0 Å². The van der Waals surface area contributed by atoms with Crippen LogP contribution in [0.15, 0.2) is 0 Å². The Labute approximate surface area is 111 Å². The standard InChI is InChI=1S/C14H27N3O/c1-12-2-4-15-10-14(12)17-5-3-13(11-17)16-6-8-18-9-7-16/h12-15H,2-11H2,1H3. The van der Waals surface area contributed by atoms with Gasteiger partial charge in [0.15, 0.2) is 0 Å². The first kappa shape index (κ1) is 12.9. The second kappa shape index (κ2) is 5.87. The molecule has 3 atom stereocenters. The Kier molecular flexibility index (Phi) is 4.19. The first-order valence-electron chi connectivity index (χ1n) is 7.61. The zero-order valence-electron chi connectivity index (χ0n) is 11.6. The molecule has 0 radical (unpaired) electrons. The van der Waals surface area contributed by atoms with Crippen molar-refractivity contribution < 1.29 is 4.74 Å². The Morgan fingerprint density at radius 2 is 1.89 bits per heavy atom. The summed E-state index contributed by atoms with van der Waals surface area (Å²) >= 11 is 0. The van der Waals surface area contributed by atoms with Crippen LogP contribution in [0.4, 0.5) is 0 Å². The molecule has 3 unspecified atom stereocenters. The number of rotatable bonds is 2. The van der Waals surface area contributed by atoms with E-state index in [1.54, 1.807) is 0 Å². The molecular weight excluding hydrogens is 226 g/mol. The van der Waals surface area contributed by atoms with Crippen LogP contribution >= 0.6 is 0 Å². The molecular formula is C14H27N3O. The van der Waals surface area contributed by atoms with Crippen LogP contribution < -0.4 is 5.32 Å². The molecule has 0 spiro atoms. The van der Waals surface area contributed by atoms with Gasteiger partial charge < -0.3 is 10.1 Å². The van der Waals surface area contributed by atoms with Gasteiger partial charge in [-0.3, -0.25) is 9.80 Å². The second-order valence-electron chi connectivity index (χ2n) is 6.12. The molecule has 4 heteroatoms. The van der Waals surface area contributed by atoms with Crippen molar-refractivity contribution in [3.8, 4) is 0 Å². The van der Waals surface area contributed by atoms with Gasteiger partial charge in [0.05, 0.1) is 13.2 Å². The number of morpholine rings is 1. The van der Waals surface area contributed by atoms with Crippen LogP contribution in [0, 0.1) is 5.92 Å². The fourth-order valence-electron chi connectivity index (χ4n) is 3.77. The van der Waals surface area contributed by atoms with Gasteiger partial charge in [-0.05, 0) is 25.3 Å². The highest BCUT2D eigenvalue weighted by Gasteiger charge is 2.35. The monoisotopic (exact) mass is 253 g/mol. The number of nitrogens with zero attached hydrogens (tertiary/aromatic N) is 2. The fraction of sp³-hybridized carbons (Fsp3) is 1.00. The van der Waals surface area contributed by atoms with E-state index in [0.29, 0.717) is 0 Å². The van der Waals surface area contributed by atoms with E-state index in [1.807, 2.05) is 0 Å². The zero-order chi connectivity index (χ0) is 12.4. The molecule has 104 valence electrons. The van der Waals surface area contributed by atoms with Crippen molar-refractivity contribution in [2.75, 3.05) is 52.5 Å². The van der Waals surface area contributed by atoms with Crippen LogP contribution in [0.5, 0.6) is 0 Å². The average molecular weight is 253 g/mol. The summed E-state index contributed by atoms with van der Waals surface area (Å²) < 4.78 is 5.45. The van der Waals surface area contributed by atoms with Crippen molar-refractivity contribution in [1.29, 1.82) is 0 Å². The van der Waals surface area contributed by atoms with Crippen molar-refractivity contribution in [2.45, 2.75) is 31.8 Å². The number of piperidine rings is 1. The molecule has 3 rings (SSSR count). The number of hydrogen-bond acceptors (Lipinski definition) is 4. The highest BCUT2D eigenvalue weighted by atomic mass is 16.5. The molecule has 0 aromatic heterocycles. The summed E-state index contributed by atoms with van der Waals surface area (Å²) in [6.45, 7) is 11.5. The number of nitrogens with one attached hydrogen (secondary N) is 1. The molecule has 3 aliphatic rings. The second-order valence-corrected chi connectivity index (χ2v) is 6.12. The lowest BCUT2D eigenvalue weighted by atomic mass is 9.94. The third-order valence-corrected chi connectivity index (χ3v) is 5.01. The van der Waals surface area contributed by atoms with Crippen molar-refractivity contribution in [1.82, 2.24) is 15.1 Å². The fourth-order valence-corrected chi connectivity index (χ4v) is 3.77. The highest BCUT2D eigenvalue weighted by Crippen LogP contribution is 2.24. The quantitative estimate of drug-likeness (QED) is 0.770. The lowest BCUT2D eigenvalue weighted by Crippen LogP contribution is -2.51. The smallest absolute Gasteiger partial charge is 0.0594 e. The summed E-state index contributed by atoms with van der Waals surface area (Å²) in [6.07, 6.45) is 2.69. The summed E-state index contributed by atoms with van der Waals surface area (Å²) in [5.74, 6) is 0.856. The first-order chi connectivity index (χ1) is 8.84. The predicted octanol–water partition coefficient (Wildman–Crippen LogP) is 0.391. The molecule has 0 aliphatic carbocycles. The third-order valence-electron chi connectivity index (χ3n) is 5.01. The van der Waals surface area contributed by atoms with Gasteiger partial charge in [0.2, 0.25) is 0 Å². The summed E-state index contributed by atoms with van der Waals surface area (Å²) in [5, 5.41) is 3.56. The van der Waals surface area contributed by atoms with Crippen LogP contribution in [0.2, 0.25) is 0 Å². The van der Waals surface area contributed by atoms with Crippen LogP contribution in [-0.4, -0.2) is 74.4 Å². The Morgan fingerprint density at radius 3 is 2.67 bits per heavy atom. The molecule has 0 aromatic carbocycles. The Morgan fingerprint density at radius 1 is 1.06 bits per heavy atom. The molecule has 3 fully saturated rings. The molecule has 3 heterocycles. The van der Waals surface area contributed by atoms with Crippen LogP contribution in [0.1, 0.15) is 19.8 Å². The van der Waals surface area contributed by atoms with Crippen molar-refractivity contribution in [3.05, 3.63) is 0 Å². The van der Waals surface area contributed by atoms with Gasteiger partial charge in [-0.1, -0.05) is 6.92 Å². The normalized spacial score (nSPS) is 40.2. The molecule has 0 saturated carbocycles. The van der Waals surface area contributed by atoms with Gasteiger partial charge in [0, 0.05) is 44.8 Å². The zero-order valence-corrected chi connectivity index (χ0v) is 11.6. The summed E-state index contributed by atoms with van der Waals surface area (Å²) in [4.78, 5) is 5.38. The van der Waals surface area contributed by atoms with Gasteiger partial charge in [-0.15, -0.1) is 0 Å². The van der Waals surface area contributed by atoms with E-state index in [0.717, 1.165) is 44.3 Å². The predicted molar refractivity (Wildman–Crippen MR) is 72.8 cm³/mol. The van der Waals surface area contributed by atoms with Crippen molar-refractivity contribution in [3.63, 3.8) is 0 Å². The molecule has 0 aromatic rings. The maximum Gasteiger partial charge on any atom is 0.0594 e. The van der Waals surface area contributed by atoms with E-state index in [9.17, 15) is 0 Å². The van der Waals surface area contributed by atoms with Gasteiger partial charge in [0.25, 0.3) is 0 Å². The van der Waals surface area contributed by atoms with E-state index >= 15 is 0 Å². The maximum absolute atomic E-state index is 5.45. The molecule has 3 saturated heterocycles. The lowest BCUT2D eigenvalue weighted by Gasteiger charge is -2.38. The largest absolute Gasteiger partial charge is 0.379 e. The topological polar surface area (TPSA) is 27.7 Å². The number of likely N-dealkylation sites (tertiary alicyclic amines) is 1. The Hall–Kier alpha value is -0.160. The van der Waals surface area contributed by atoms with Gasteiger partial charge >= 0.3 is 0 Å². The molecule has 0 amide bonds. The van der Waals surface area contributed by atoms with E-state index in [2.05, 4.69) is 22.0 Å². The lowest BCUT2D eigenvalue weighted by molar-refractivity contribution is 0.0164.